The van der Waals surface area contributed by atoms with E-state index in [1.165, 1.54) is 13.2 Å². The van der Waals surface area contributed by atoms with Crippen LogP contribution in [0.3, 0.4) is 0 Å². The molecule has 25 heavy (non-hydrogen) atoms. The van der Waals surface area contributed by atoms with Crippen LogP contribution in [0.5, 0.6) is 5.75 Å². The molecule has 3 aliphatic rings. The summed E-state index contributed by atoms with van der Waals surface area (Å²) in [6.45, 7) is 2.02. The average Bonchev–Trinajstić information content (AvgIpc) is 2.59. The van der Waals surface area contributed by atoms with E-state index in [-0.39, 0.29) is 11.7 Å². The normalized spacial score (nSPS) is 36.6. The van der Waals surface area contributed by atoms with E-state index in [1.54, 1.807) is 24.3 Å². The summed E-state index contributed by atoms with van der Waals surface area (Å²) in [4.78, 5) is 12.7. The van der Waals surface area contributed by atoms with E-state index < -0.39 is 23.7 Å². The number of benzene rings is 1. The van der Waals surface area contributed by atoms with Gasteiger partial charge in [0, 0.05) is 17.6 Å². The minimum atomic E-state index is -1.74. The minimum absolute atomic E-state index is 0.0564. The Morgan fingerprint density at radius 3 is 2.72 bits per heavy atom. The van der Waals surface area contributed by atoms with Crippen LogP contribution < -0.4 is 4.74 Å². The Kier molecular flexibility index (Phi) is 3.65. The van der Waals surface area contributed by atoms with Gasteiger partial charge in [0.05, 0.1) is 19.1 Å². The molecular weight excluding hydrogens is 320 g/mol. The highest BCUT2D eigenvalue weighted by molar-refractivity contribution is 5.99. The summed E-state index contributed by atoms with van der Waals surface area (Å²) in [5, 5.41) is 33.3. The van der Waals surface area contributed by atoms with Crippen molar-refractivity contribution < 1.29 is 24.9 Å². The Hall–Kier alpha value is -1.95. The molecule has 5 unspecified atom stereocenters. The van der Waals surface area contributed by atoms with Crippen LogP contribution in [0, 0.1) is 11.8 Å². The van der Waals surface area contributed by atoms with Gasteiger partial charge in [0.1, 0.15) is 17.5 Å². The quantitative estimate of drug-likeness (QED) is 0.726. The number of carbonyl (C=O) groups excluding carboxylic acids is 1. The van der Waals surface area contributed by atoms with Crippen molar-refractivity contribution in [3.05, 3.63) is 52.6 Å². The second-order valence-electron chi connectivity index (χ2n) is 7.38. The largest absolute Gasteiger partial charge is 0.496 e. The standard InChI is InChI=1S/C20H22O5/c1-10-8-11-6-7-20(24)17(15(11)13(21)9-10)18(22)12-4-3-5-14(25-2)16(12)19(20)23/h3-7,10,17-19,22-24H,8-9H2,1-2H3. The van der Waals surface area contributed by atoms with Gasteiger partial charge >= 0.3 is 0 Å². The van der Waals surface area contributed by atoms with Gasteiger partial charge in [0.25, 0.3) is 0 Å². The van der Waals surface area contributed by atoms with Gasteiger partial charge in [-0.3, -0.25) is 4.79 Å². The number of rotatable bonds is 1. The first kappa shape index (κ1) is 16.5. The van der Waals surface area contributed by atoms with Crippen LogP contribution >= 0.6 is 0 Å². The maximum atomic E-state index is 12.7. The number of aliphatic hydroxyl groups excluding tert-OH is 2. The third-order valence-corrected chi connectivity index (χ3v) is 5.77. The van der Waals surface area contributed by atoms with Crippen LogP contribution in [0.25, 0.3) is 0 Å². The molecule has 0 spiro atoms. The predicted molar refractivity (Wildman–Crippen MR) is 90.9 cm³/mol. The molecule has 0 radical (unpaired) electrons. The van der Waals surface area contributed by atoms with Gasteiger partial charge in [-0.25, -0.2) is 0 Å². The summed E-state index contributed by atoms with van der Waals surface area (Å²) in [6.07, 6.45) is 2.02. The number of carbonyl (C=O) groups is 1. The molecule has 0 saturated carbocycles. The second kappa shape index (κ2) is 5.53. The van der Waals surface area contributed by atoms with Crippen molar-refractivity contribution in [2.24, 2.45) is 11.8 Å². The number of fused-ring (bicyclic) bond motifs is 3. The number of ether oxygens (including phenoxy) is 1. The molecule has 1 aromatic carbocycles. The maximum Gasteiger partial charge on any atom is 0.159 e. The van der Waals surface area contributed by atoms with Crippen LogP contribution in [-0.2, 0) is 4.79 Å². The lowest BCUT2D eigenvalue weighted by molar-refractivity contribution is -0.132. The summed E-state index contributed by atoms with van der Waals surface area (Å²) >= 11 is 0. The zero-order chi connectivity index (χ0) is 17.9. The number of allylic oxidation sites excluding steroid dienone is 2. The van der Waals surface area contributed by atoms with Gasteiger partial charge in [-0.1, -0.05) is 25.1 Å². The smallest absolute Gasteiger partial charge is 0.159 e. The lowest BCUT2D eigenvalue weighted by Crippen LogP contribution is -2.52. The molecule has 0 fully saturated rings. The zero-order valence-electron chi connectivity index (χ0n) is 14.3. The minimum Gasteiger partial charge on any atom is -0.496 e. The van der Waals surface area contributed by atoms with Gasteiger partial charge in [0.15, 0.2) is 5.78 Å². The van der Waals surface area contributed by atoms with Gasteiger partial charge in [0.2, 0.25) is 0 Å². The third kappa shape index (κ3) is 2.16. The van der Waals surface area contributed by atoms with E-state index >= 15 is 0 Å². The van der Waals surface area contributed by atoms with Crippen LogP contribution in [0.15, 0.2) is 41.5 Å². The van der Waals surface area contributed by atoms with Crippen molar-refractivity contribution in [2.45, 2.75) is 37.6 Å². The zero-order valence-corrected chi connectivity index (χ0v) is 14.3. The van der Waals surface area contributed by atoms with Crippen molar-refractivity contribution in [3.63, 3.8) is 0 Å². The van der Waals surface area contributed by atoms with Gasteiger partial charge in [-0.2, -0.15) is 0 Å². The maximum absolute atomic E-state index is 12.7. The molecule has 5 atom stereocenters. The highest BCUT2D eigenvalue weighted by Gasteiger charge is 2.56. The molecule has 3 N–H and O–H groups in total. The Morgan fingerprint density at radius 2 is 2.00 bits per heavy atom. The molecule has 3 aliphatic carbocycles. The molecule has 132 valence electrons. The fourth-order valence-electron chi connectivity index (χ4n) is 4.64. The van der Waals surface area contributed by atoms with Crippen LogP contribution in [-0.4, -0.2) is 33.8 Å². The molecule has 0 amide bonds. The SMILES string of the molecule is COc1cccc2c1C(O)C1(O)C=CC3=C(C(=O)CC(C)C3)C1C2O. The van der Waals surface area contributed by atoms with Crippen LogP contribution in [0.2, 0.25) is 0 Å². The highest BCUT2D eigenvalue weighted by Crippen LogP contribution is 2.56. The lowest BCUT2D eigenvalue weighted by Gasteiger charge is -2.49. The van der Waals surface area contributed by atoms with Crippen LogP contribution in [0.4, 0.5) is 0 Å². The Bertz CT molecular complexity index is 808. The van der Waals surface area contributed by atoms with Crippen molar-refractivity contribution in [3.8, 4) is 5.75 Å². The van der Waals surface area contributed by atoms with Crippen molar-refractivity contribution in [2.75, 3.05) is 7.11 Å². The molecule has 0 saturated heterocycles. The molecule has 0 heterocycles. The number of ketones is 1. The van der Waals surface area contributed by atoms with Crippen molar-refractivity contribution in [1.29, 1.82) is 0 Å². The van der Waals surface area contributed by atoms with Gasteiger partial charge in [-0.15, -0.1) is 0 Å². The van der Waals surface area contributed by atoms with E-state index in [4.69, 9.17) is 4.74 Å². The molecule has 0 aliphatic heterocycles. The third-order valence-electron chi connectivity index (χ3n) is 5.77. The second-order valence-corrected chi connectivity index (χ2v) is 7.38. The average molecular weight is 342 g/mol. The first-order valence-corrected chi connectivity index (χ1v) is 8.59. The van der Waals surface area contributed by atoms with Crippen molar-refractivity contribution >= 4 is 5.78 Å². The molecule has 1 aromatic rings. The predicted octanol–water partition coefficient (Wildman–Crippen LogP) is 1.99. The first-order chi connectivity index (χ1) is 11.9. The Morgan fingerprint density at radius 1 is 1.24 bits per heavy atom. The Balaban J connectivity index is 1.93. The number of hydrogen-bond donors (Lipinski definition) is 3. The van der Waals surface area contributed by atoms with E-state index in [0.29, 0.717) is 28.9 Å². The highest BCUT2D eigenvalue weighted by atomic mass is 16.5. The van der Waals surface area contributed by atoms with E-state index in [2.05, 4.69) is 0 Å². The lowest BCUT2D eigenvalue weighted by atomic mass is 9.60. The molecule has 5 heteroatoms. The van der Waals surface area contributed by atoms with E-state index in [9.17, 15) is 20.1 Å². The number of hydrogen-bond acceptors (Lipinski definition) is 5. The van der Waals surface area contributed by atoms with Gasteiger partial charge in [-0.05, 0) is 35.6 Å². The van der Waals surface area contributed by atoms with Gasteiger partial charge < -0.3 is 20.1 Å². The molecule has 0 bridgehead atoms. The van der Waals surface area contributed by atoms with Crippen molar-refractivity contribution in [1.82, 2.24) is 0 Å². The fourth-order valence-corrected chi connectivity index (χ4v) is 4.64. The molecule has 4 rings (SSSR count). The monoisotopic (exact) mass is 342 g/mol. The van der Waals surface area contributed by atoms with E-state index in [1.807, 2.05) is 6.92 Å². The summed E-state index contributed by atoms with van der Waals surface area (Å²) in [6, 6.07) is 5.12. The molecular formula is C20H22O5. The number of Topliss-reactive ketones (excluding diaryl/α,β-unsaturated/α-hetero) is 1. The summed E-state index contributed by atoms with van der Waals surface area (Å²) in [5.74, 6) is -0.283. The Labute approximate surface area is 146 Å². The molecule has 5 nitrogen and oxygen atoms in total. The topological polar surface area (TPSA) is 87.0 Å². The van der Waals surface area contributed by atoms with E-state index in [0.717, 1.165) is 12.0 Å². The summed E-state index contributed by atoms with van der Waals surface area (Å²) in [5.41, 5.74) is 0.451. The summed E-state index contributed by atoms with van der Waals surface area (Å²) < 4.78 is 5.31. The number of methoxy groups -OCH3 is 1. The first-order valence-electron chi connectivity index (χ1n) is 8.59. The fraction of sp³-hybridized carbons (Fsp3) is 0.450. The molecule has 0 aromatic heterocycles. The number of aliphatic hydroxyl groups is 3. The summed E-state index contributed by atoms with van der Waals surface area (Å²) in [7, 11) is 1.48. The van der Waals surface area contributed by atoms with Crippen LogP contribution in [0.1, 0.15) is 43.1 Å².